The lowest BCUT2D eigenvalue weighted by Crippen LogP contribution is -2.29. The predicted octanol–water partition coefficient (Wildman–Crippen LogP) is 3.16. The smallest absolute Gasteiger partial charge is 0.296 e. The highest BCUT2D eigenvalue weighted by atomic mass is 16.5. The van der Waals surface area contributed by atoms with E-state index in [4.69, 9.17) is 25.9 Å². The number of aliphatic imine (C=N–C) groups is 1. The Morgan fingerprint density at radius 2 is 1.53 bits per heavy atom. The van der Waals surface area contributed by atoms with E-state index in [0.717, 1.165) is 0 Å². The molecule has 298 valence electrons. The molecule has 2 aromatic carbocycles. The lowest BCUT2D eigenvalue weighted by Gasteiger charge is -2.21. The number of amidine groups is 1. The van der Waals surface area contributed by atoms with Crippen molar-refractivity contribution in [3.63, 3.8) is 0 Å². The molecular weight excluding hydrogens is 734 g/mol. The molecule has 0 unspecified atom stereocenters. The van der Waals surface area contributed by atoms with Gasteiger partial charge in [-0.3, -0.25) is 33.9 Å². The van der Waals surface area contributed by atoms with E-state index in [1.807, 2.05) is 30.9 Å². The summed E-state index contributed by atoms with van der Waals surface area (Å²) in [4.78, 5) is 62.8. The van der Waals surface area contributed by atoms with Crippen molar-refractivity contribution in [3.05, 3.63) is 88.0 Å². The van der Waals surface area contributed by atoms with Crippen molar-refractivity contribution in [1.82, 2.24) is 29.1 Å². The van der Waals surface area contributed by atoms with Crippen LogP contribution in [-0.2, 0) is 26.1 Å². The second-order valence-electron chi connectivity index (χ2n) is 13.2. The zero-order valence-electron chi connectivity index (χ0n) is 32.4. The maximum Gasteiger partial charge on any atom is 0.296 e. The number of benzene rings is 2. The number of ether oxygens (including phenoxy) is 2. The summed E-state index contributed by atoms with van der Waals surface area (Å²) in [6, 6.07) is 9.61. The number of primary amides is 2. The first kappa shape index (κ1) is 39.9. The number of amides is 4. The summed E-state index contributed by atoms with van der Waals surface area (Å²) in [5, 5.41) is 21.1. The number of anilines is 2. The van der Waals surface area contributed by atoms with Gasteiger partial charge in [0.25, 0.3) is 11.8 Å². The Bertz CT molecular complexity index is 2440. The molecule has 1 aliphatic heterocycles. The zero-order valence-corrected chi connectivity index (χ0v) is 32.4. The number of aliphatic hydroxyl groups excluding tert-OH is 1. The maximum absolute atomic E-state index is 13.7. The van der Waals surface area contributed by atoms with Crippen molar-refractivity contribution in [2.24, 2.45) is 16.5 Å². The van der Waals surface area contributed by atoms with Gasteiger partial charge in [-0.25, -0.2) is 4.98 Å². The molecule has 0 aliphatic carbocycles. The topological polar surface area (TPSA) is 240 Å². The number of nitrogens with one attached hydrogen (secondary N) is 1. The second kappa shape index (κ2) is 16.9. The summed E-state index contributed by atoms with van der Waals surface area (Å²) < 4.78 is 16.6. The summed E-state index contributed by atoms with van der Waals surface area (Å²) in [7, 11) is 1.48. The average molecular weight is 780 g/mol. The highest BCUT2D eigenvalue weighted by molar-refractivity contribution is 6.14. The third-order valence-electron chi connectivity index (χ3n) is 9.29. The number of nitrogens with two attached hydrogens (primary N) is 2. The minimum Gasteiger partial charge on any atom is -0.495 e. The van der Waals surface area contributed by atoms with Crippen LogP contribution in [0.4, 0.5) is 11.6 Å². The SMILES string of the molecule is CCn1nc(C)cc1C(=O)N=C1Cc2cc(C(N)=O)cc(OC)c2N1C/C=C/Cn1c(NC(=O)c2cc(C)nn2CC)nc2cc(C(N)=O)cc(OCCCO)c21. The Morgan fingerprint density at radius 3 is 2.18 bits per heavy atom. The highest BCUT2D eigenvalue weighted by Gasteiger charge is 2.31. The normalized spacial score (nSPS) is 13.2. The molecule has 4 heterocycles. The first-order chi connectivity index (χ1) is 27.4. The van der Waals surface area contributed by atoms with E-state index in [2.05, 4.69) is 20.5 Å². The van der Waals surface area contributed by atoms with Crippen LogP contribution in [0.25, 0.3) is 11.0 Å². The van der Waals surface area contributed by atoms with E-state index in [0.29, 0.717) is 76.2 Å². The number of allylic oxidation sites excluding steroid dienone is 1. The minimum absolute atomic E-state index is 0.112. The Hall–Kier alpha value is -6.82. The van der Waals surface area contributed by atoms with Gasteiger partial charge in [-0.15, -0.1) is 0 Å². The molecule has 4 amide bonds. The lowest BCUT2D eigenvalue weighted by molar-refractivity contribution is 0.0986. The summed E-state index contributed by atoms with van der Waals surface area (Å²) >= 11 is 0. The molecule has 0 saturated heterocycles. The fourth-order valence-corrected chi connectivity index (χ4v) is 6.73. The monoisotopic (exact) mass is 779 g/mol. The van der Waals surface area contributed by atoms with Gasteiger partial charge >= 0.3 is 0 Å². The molecule has 3 aromatic heterocycles. The van der Waals surface area contributed by atoms with Gasteiger partial charge in [-0.05, 0) is 69.7 Å². The Balaban J connectivity index is 1.39. The molecule has 18 heteroatoms. The first-order valence-corrected chi connectivity index (χ1v) is 18.4. The number of carbonyl (C=O) groups is 4. The summed E-state index contributed by atoms with van der Waals surface area (Å²) in [6.07, 6.45) is 4.25. The van der Waals surface area contributed by atoms with Crippen LogP contribution in [0.15, 0.2) is 53.5 Å². The van der Waals surface area contributed by atoms with Crippen molar-refractivity contribution >= 4 is 52.1 Å². The van der Waals surface area contributed by atoms with Crippen LogP contribution >= 0.6 is 0 Å². The van der Waals surface area contributed by atoms with Gasteiger partial charge in [0.05, 0.1) is 36.3 Å². The van der Waals surface area contributed by atoms with Crippen LogP contribution in [0.3, 0.4) is 0 Å². The summed E-state index contributed by atoms with van der Waals surface area (Å²) in [6.45, 7) is 8.70. The van der Waals surface area contributed by atoms with Crippen LogP contribution in [0.1, 0.15) is 78.9 Å². The van der Waals surface area contributed by atoms with Crippen molar-refractivity contribution in [1.29, 1.82) is 0 Å². The average Bonchev–Trinajstić information content (AvgIpc) is 3.95. The quantitative estimate of drug-likeness (QED) is 0.0838. The predicted molar refractivity (Wildman–Crippen MR) is 212 cm³/mol. The number of aryl methyl sites for hydroxylation is 4. The molecular formula is C39H45N11O7. The van der Waals surface area contributed by atoms with Gasteiger partial charge in [0.1, 0.15) is 34.2 Å². The van der Waals surface area contributed by atoms with Gasteiger partial charge in [-0.1, -0.05) is 12.2 Å². The van der Waals surface area contributed by atoms with E-state index in [-0.39, 0.29) is 55.5 Å². The van der Waals surface area contributed by atoms with Crippen molar-refractivity contribution in [2.45, 2.75) is 60.2 Å². The fraction of sp³-hybridized carbons (Fsp3) is 0.333. The number of imidazole rings is 1. The molecule has 18 nitrogen and oxygen atoms in total. The van der Waals surface area contributed by atoms with Gasteiger partial charge in [0, 0.05) is 56.8 Å². The third-order valence-corrected chi connectivity index (χ3v) is 9.29. The molecule has 0 radical (unpaired) electrons. The lowest BCUT2D eigenvalue weighted by atomic mass is 10.1. The first-order valence-electron chi connectivity index (χ1n) is 18.4. The minimum atomic E-state index is -0.694. The van der Waals surface area contributed by atoms with Gasteiger partial charge in [0.15, 0.2) is 0 Å². The molecule has 0 bridgehead atoms. The van der Waals surface area contributed by atoms with Crippen LogP contribution < -0.4 is 31.2 Å². The number of fused-ring (bicyclic) bond motifs is 2. The maximum atomic E-state index is 13.7. The van der Waals surface area contributed by atoms with Gasteiger partial charge in [0.2, 0.25) is 17.8 Å². The number of nitrogens with zero attached hydrogens (tertiary/aromatic N) is 8. The van der Waals surface area contributed by atoms with Gasteiger partial charge in [-0.2, -0.15) is 15.2 Å². The Labute approximate surface area is 327 Å². The molecule has 6 rings (SSSR count). The van der Waals surface area contributed by atoms with Crippen LogP contribution in [0.2, 0.25) is 0 Å². The van der Waals surface area contributed by atoms with E-state index in [1.54, 1.807) is 52.0 Å². The standard InChI is InChI=1S/C39H45N11O7/c1-6-49-28(15-22(3)45-49)37(54)43-32-21-24-17-25(35(40)52)19-30(56-5)33(24)47(32)11-8-9-12-48-34-27(18-26(36(41)53)20-31(34)57-14-10-13-51)42-39(48)44-38(55)29-16-23(4)46-50(29)7-2/h8-9,15-20,51H,6-7,10-14,21H2,1-5H3,(H2,40,52)(H2,41,53)(H,42,44,55)/b9-8+,43-32?. The van der Waals surface area contributed by atoms with E-state index in [9.17, 15) is 24.3 Å². The van der Waals surface area contributed by atoms with E-state index < -0.39 is 23.6 Å². The number of carbonyl (C=O) groups excluding carboxylic acids is 4. The number of aromatic nitrogens is 6. The summed E-state index contributed by atoms with van der Waals surface area (Å²) in [5.74, 6) is -0.998. The number of aliphatic hydroxyl groups is 1. The Kier molecular flexibility index (Phi) is 11.8. The fourth-order valence-electron chi connectivity index (χ4n) is 6.73. The molecule has 0 atom stereocenters. The van der Waals surface area contributed by atoms with Crippen molar-refractivity contribution in [2.75, 3.05) is 37.1 Å². The largest absolute Gasteiger partial charge is 0.495 e. The molecule has 0 saturated carbocycles. The number of hydrogen-bond donors (Lipinski definition) is 4. The molecule has 5 aromatic rings. The second-order valence-corrected chi connectivity index (χ2v) is 13.2. The van der Waals surface area contributed by atoms with Crippen LogP contribution in [-0.4, -0.2) is 90.6 Å². The molecule has 0 spiro atoms. The van der Waals surface area contributed by atoms with Gasteiger partial charge < -0.3 is 35.5 Å². The summed E-state index contributed by atoms with van der Waals surface area (Å²) in [5.41, 5.74) is 15.9. The Morgan fingerprint density at radius 1 is 0.895 bits per heavy atom. The third kappa shape index (κ3) is 8.25. The molecule has 57 heavy (non-hydrogen) atoms. The van der Waals surface area contributed by atoms with Crippen LogP contribution in [0.5, 0.6) is 11.5 Å². The van der Waals surface area contributed by atoms with E-state index >= 15 is 0 Å². The van der Waals surface area contributed by atoms with Crippen molar-refractivity contribution < 1.29 is 33.8 Å². The molecule has 1 aliphatic rings. The molecule has 6 N–H and O–H groups in total. The highest BCUT2D eigenvalue weighted by Crippen LogP contribution is 2.40. The van der Waals surface area contributed by atoms with Crippen LogP contribution in [0, 0.1) is 13.8 Å². The van der Waals surface area contributed by atoms with E-state index in [1.165, 1.54) is 19.2 Å². The number of hydrogen-bond acceptors (Lipinski definition) is 10. The number of methoxy groups -OCH3 is 1. The molecule has 0 fully saturated rings. The zero-order chi connectivity index (χ0) is 41.0. The number of rotatable bonds is 16. The van der Waals surface area contributed by atoms with Crippen molar-refractivity contribution in [3.8, 4) is 11.5 Å².